The van der Waals surface area contributed by atoms with Crippen LogP contribution in [0.4, 0.5) is 5.69 Å². The molecule has 0 radical (unpaired) electrons. The Kier molecular flexibility index (Phi) is 6.27. The van der Waals surface area contributed by atoms with Gasteiger partial charge in [0, 0.05) is 17.6 Å². The summed E-state index contributed by atoms with van der Waals surface area (Å²) in [4.78, 5) is 24.4. The summed E-state index contributed by atoms with van der Waals surface area (Å²) < 4.78 is 0. The maximum Gasteiger partial charge on any atom is 0.253 e. The summed E-state index contributed by atoms with van der Waals surface area (Å²) in [6.07, 6.45) is 3.73. The second-order valence-electron chi connectivity index (χ2n) is 5.96. The van der Waals surface area contributed by atoms with Crippen molar-refractivity contribution in [2.75, 3.05) is 18.4 Å². The monoisotopic (exact) mass is 357 g/mol. The van der Waals surface area contributed by atoms with E-state index in [1.165, 1.54) is 0 Å². The summed E-state index contributed by atoms with van der Waals surface area (Å²) in [5.74, 6) is -0.136. The molecule has 2 aliphatic rings. The van der Waals surface area contributed by atoms with Crippen molar-refractivity contribution < 1.29 is 9.59 Å². The highest BCUT2D eigenvalue weighted by Crippen LogP contribution is 2.24. The van der Waals surface area contributed by atoms with Crippen LogP contribution in [0.25, 0.3) is 0 Å². The normalized spacial score (nSPS) is 18.0. The van der Waals surface area contributed by atoms with E-state index in [2.05, 4.69) is 16.0 Å². The predicted molar refractivity (Wildman–Crippen MR) is 93.4 cm³/mol. The van der Waals surface area contributed by atoms with Gasteiger partial charge >= 0.3 is 0 Å². The first kappa shape index (κ1) is 18.0. The van der Waals surface area contributed by atoms with Crippen LogP contribution < -0.4 is 16.0 Å². The van der Waals surface area contributed by atoms with Gasteiger partial charge in [-0.3, -0.25) is 9.59 Å². The molecule has 1 aliphatic carbocycles. The van der Waals surface area contributed by atoms with Gasteiger partial charge in [-0.1, -0.05) is 11.6 Å². The average Bonchev–Trinajstić information content (AvgIpc) is 3.34. The lowest BCUT2D eigenvalue weighted by Gasteiger charge is -2.22. The quantitative estimate of drug-likeness (QED) is 0.775. The lowest BCUT2D eigenvalue weighted by molar-refractivity contribution is -0.120. The molecule has 0 atom stereocenters. The highest BCUT2D eigenvalue weighted by molar-refractivity contribution is 6.34. The third kappa shape index (κ3) is 4.83. The minimum Gasteiger partial charge on any atom is -0.349 e. The second-order valence-corrected chi connectivity index (χ2v) is 6.36. The molecule has 1 saturated carbocycles. The van der Waals surface area contributed by atoms with Gasteiger partial charge in [0.1, 0.15) is 0 Å². The van der Waals surface area contributed by atoms with Crippen LogP contribution >= 0.6 is 24.0 Å². The molecular weight excluding hydrogens is 337 g/mol. The Bertz CT molecular complexity index is 585. The number of rotatable bonds is 4. The topological polar surface area (TPSA) is 70.2 Å². The molecule has 0 unspecified atom stereocenters. The second kappa shape index (κ2) is 7.99. The van der Waals surface area contributed by atoms with Crippen LogP contribution in [-0.2, 0) is 4.79 Å². The number of halogens is 2. The number of hydrogen-bond acceptors (Lipinski definition) is 3. The molecule has 1 aliphatic heterocycles. The van der Waals surface area contributed by atoms with Crippen molar-refractivity contribution in [3.63, 3.8) is 0 Å². The van der Waals surface area contributed by atoms with Gasteiger partial charge in [0.15, 0.2) is 0 Å². The lowest BCUT2D eigenvalue weighted by Crippen LogP contribution is -2.34. The third-order valence-electron chi connectivity index (χ3n) is 4.10. The van der Waals surface area contributed by atoms with Gasteiger partial charge in [-0.2, -0.15) is 0 Å². The molecule has 23 heavy (non-hydrogen) atoms. The Hall–Kier alpha value is -1.30. The average molecular weight is 358 g/mol. The first-order valence-corrected chi connectivity index (χ1v) is 8.13. The number of amides is 2. The van der Waals surface area contributed by atoms with Crippen molar-refractivity contribution in [3.8, 4) is 0 Å². The molecule has 1 aromatic carbocycles. The van der Waals surface area contributed by atoms with E-state index in [1.807, 2.05) is 0 Å². The summed E-state index contributed by atoms with van der Waals surface area (Å²) in [5, 5.41) is 9.45. The lowest BCUT2D eigenvalue weighted by atomic mass is 9.97. The number of carbonyl (C=O) groups excluding carboxylic acids is 2. The molecule has 7 heteroatoms. The largest absolute Gasteiger partial charge is 0.349 e. The highest BCUT2D eigenvalue weighted by atomic mass is 35.5. The zero-order chi connectivity index (χ0) is 15.5. The fraction of sp³-hybridized carbons (Fsp3) is 0.500. The van der Waals surface area contributed by atoms with Crippen molar-refractivity contribution in [2.24, 2.45) is 5.92 Å². The maximum atomic E-state index is 12.2. The van der Waals surface area contributed by atoms with Crippen molar-refractivity contribution >= 4 is 41.5 Å². The zero-order valence-electron chi connectivity index (χ0n) is 12.7. The molecule has 1 heterocycles. The third-order valence-corrected chi connectivity index (χ3v) is 4.43. The van der Waals surface area contributed by atoms with Gasteiger partial charge in [-0.25, -0.2) is 0 Å². The van der Waals surface area contributed by atoms with Crippen LogP contribution in [0.5, 0.6) is 0 Å². The molecule has 2 amide bonds. The number of hydrogen-bond donors (Lipinski definition) is 3. The molecule has 1 aromatic rings. The molecule has 0 spiro atoms. The predicted octanol–water partition coefficient (Wildman–Crippen LogP) is 2.59. The zero-order valence-corrected chi connectivity index (χ0v) is 14.3. The summed E-state index contributed by atoms with van der Waals surface area (Å²) in [5.41, 5.74) is 1.03. The number of carbonyl (C=O) groups is 2. The maximum absolute atomic E-state index is 12.2. The standard InChI is InChI=1S/C16H20ClN3O2.ClH/c17-14-4-3-12(9-13(14)16(22)19-11-1-2-11)20-15(21)10-5-7-18-8-6-10;/h3-4,9-11,18H,1-2,5-8H2,(H,19,22)(H,20,21);1H. The van der Waals surface area contributed by atoms with Gasteiger partial charge < -0.3 is 16.0 Å². The highest BCUT2D eigenvalue weighted by Gasteiger charge is 2.25. The molecule has 126 valence electrons. The fourth-order valence-corrected chi connectivity index (χ4v) is 2.80. The van der Waals surface area contributed by atoms with E-state index in [4.69, 9.17) is 11.6 Å². The van der Waals surface area contributed by atoms with Crippen molar-refractivity contribution in [2.45, 2.75) is 31.7 Å². The SMILES string of the molecule is Cl.O=C(NC1CC1)c1cc(NC(=O)C2CCNCC2)ccc1Cl. The number of anilines is 1. The van der Waals surface area contributed by atoms with Crippen molar-refractivity contribution in [1.82, 2.24) is 10.6 Å². The van der Waals surface area contributed by atoms with Gasteiger partial charge in [0.25, 0.3) is 5.91 Å². The van der Waals surface area contributed by atoms with E-state index in [0.717, 1.165) is 38.8 Å². The van der Waals surface area contributed by atoms with Gasteiger partial charge in [-0.05, 0) is 57.0 Å². The van der Waals surface area contributed by atoms with E-state index in [9.17, 15) is 9.59 Å². The van der Waals surface area contributed by atoms with E-state index < -0.39 is 0 Å². The molecule has 0 aromatic heterocycles. The summed E-state index contributed by atoms with van der Waals surface area (Å²) in [7, 11) is 0. The summed E-state index contributed by atoms with van der Waals surface area (Å²) in [6.45, 7) is 1.74. The van der Waals surface area contributed by atoms with E-state index in [-0.39, 0.29) is 36.2 Å². The Labute approximate surface area is 146 Å². The van der Waals surface area contributed by atoms with Crippen LogP contribution in [0, 0.1) is 5.92 Å². The number of nitrogens with one attached hydrogen (secondary N) is 3. The van der Waals surface area contributed by atoms with Crippen LogP contribution in [0.2, 0.25) is 5.02 Å². The number of benzene rings is 1. The van der Waals surface area contributed by atoms with E-state index >= 15 is 0 Å². The molecule has 3 N–H and O–H groups in total. The smallest absolute Gasteiger partial charge is 0.253 e. The van der Waals surface area contributed by atoms with Crippen LogP contribution in [0.15, 0.2) is 18.2 Å². The van der Waals surface area contributed by atoms with Crippen LogP contribution in [0.1, 0.15) is 36.0 Å². The molecular formula is C16H21Cl2N3O2. The van der Waals surface area contributed by atoms with Gasteiger partial charge in [0.05, 0.1) is 10.6 Å². The molecule has 1 saturated heterocycles. The molecule has 5 nitrogen and oxygen atoms in total. The summed E-state index contributed by atoms with van der Waals surface area (Å²) in [6, 6.07) is 5.31. The van der Waals surface area contributed by atoms with E-state index in [0.29, 0.717) is 16.3 Å². The Balaban J connectivity index is 0.00000192. The first-order chi connectivity index (χ1) is 10.6. The van der Waals surface area contributed by atoms with E-state index in [1.54, 1.807) is 18.2 Å². The Morgan fingerprint density at radius 3 is 2.48 bits per heavy atom. The Morgan fingerprint density at radius 2 is 1.83 bits per heavy atom. The fourth-order valence-electron chi connectivity index (χ4n) is 2.60. The van der Waals surface area contributed by atoms with Crippen molar-refractivity contribution in [1.29, 1.82) is 0 Å². The minimum atomic E-state index is -0.175. The molecule has 3 rings (SSSR count). The first-order valence-electron chi connectivity index (χ1n) is 7.75. The van der Waals surface area contributed by atoms with Crippen LogP contribution in [0.3, 0.4) is 0 Å². The van der Waals surface area contributed by atoms with Gasteiger partial charge in [-0.15, -0.1) is 12.4 Å². The van der Waals surface area contributed by atoms with Crippen LogP contribution in [-0.4, -0.2) is 30.9 Å². The molecule has 2 fully saturated rings. The molecule has 0 bridgehead atoms. The number of piperidine rings is 1. The Morgan fingerprint density at radius 1 is 1.13 bits per heavy atom. The minimum absolute atomic E-state index is 0. The van der Waals surface area contributed by atoms with Gasteiger partial charge in [0.2, 0.25) is 5.91 Å². The summed E-state index contributed by atoms with van der Waals surface area (Å²) >= 11 is 6.10. The van der Waals surface area contributed by atoms with Crippen molar-refractivity contribution in [3.05, 3.63) is 28.8 Å².